The van der Waals surface area contributed by atoms with E-state index in [-0.39, 0.29) is 18.4 Å². The summed E-state index contributed by atoms with van der Waals surface area (Å²) in [4.78, 5) is 13.0. The van der Waals surface area contributed by atoms with Gasteiger partial charge < -0.3 is 15.7 Å². The Morgan fingerprint density at radius 3 is 2.68 bits per heavy atom. The normalized spacial score (nSPS) is 22.4. The Balaban J connectivity index is 2.17. The van der Waals surface area contributed by atoms with Gasteiger partial charge >= 0.3 is 12.2 Å². The van der Waals surface area contributed by atoms with Crippen molar-refractivity contribution in [3.05, 3.63) is 0 Å². The number of likely N-dealkylation sites (tertiary alicyclic amines) is 1. The van der Waals surface area contributed by atoms with Gasteiger partial charge in [-0.05, 0) is 24.8 Å². The van der Waals surface area contributed by atoms with Crippen molar-refractivity contribution in [1.29, 1.82) is 0 Å². The van der Waals surface area contributed by atoms with E-state index in [1.165, 1.54) is 4.90 Å². The Hall–Kier alpha value is -1.02. The zero-order valence-corrected chi connectivity index (χ0v) is 13.1. The highest BCUT2D eigenvalue weighted by atomic mass is 19.4. The molecule has 1 heterocycles. The molecule has 1 saturated heterocycles. The monoisotopic (exact) mass is 325 g/mol. The van der Waals surface area contributed by atoms with Crippen LogP contribution in [-0.2, 0) is 0 Å². The highest BCUT2D eigenvalue weighted by molar-refractivity contribution is 5.73. The van der Waals surface area contributed by atoms with Gasteiger partial charge in [0.05, 0.1) is 12.6 Å². The number of aliphatic hydroxyl groups excluding tert-OH is 1. The molecule has 3 atom stereocenters. The quantitative estimate of drug-likeness (QED) is 0.666. The molecule has 3 N–H and O–H groups in total. The van der Waals surface area contributed by atoms with Crippen LogP contribution in [0.3, 0.4) is 0 Å². The minimum absolute atomic E-state index is 0.0348. The van der Waals surface area contributed by atoms with Crippen molar-refractivity contribution in [2.45, 2.75) is 39.0 Å². The number of hydrogen-bond acceptors (Lipinski definition) is 3. The van der Waals surface area contributed by atoms with Crippen molar-refractivity contribution in [1.82, 2.24) is 15.5 Å². The van der Waals surface area contributed by atoms with E-state index in [1.54, 1.807) is 0 Å². The standard InChI is InChI=1S/C14H26F3N3O2/c1-3-10(2)12(21)7-19-13(22)18-6-11-4-5-20(8-11)9-14(15,16)17/h10-12,21H,3-9H2,1-2H3,(H2,18,19,22). The largest absolute Gasteiger partial charge is 0.401 e. The van der Waals surface area contributed by atoms with E-state index in [0.29, 0.717) is 26.1 Å². The molecule has 130 valence electrons. The van der Waals surface area contributed by atoms with Crippen molar-refractivity contribution in [3.8, 4) is 0 Å². The Kier molecular flexibility index (Phi) is 7.41. The van der Waals surface area contributed by atoms with E-state index in [0.717, 1.165) is 6.42 Å². The van der Waals surface area contributed by atoms with Gasteiger partial charge in [0.2, 0.25) is 0 Å². The molecule has 0 aromatic carbocycles. The molecule has 5 nitrogen and oxygen atoms in total. The molecule has 1 aliphatic heterocycles. The van der Waals surface area contributed by atoms with Crippen LogP contribution in [0.15, 0.2) is 0 Å². The van der Waals surface area contributed by atoms with Crippen LogP contribution >= 0.6 is 0 Å². The number of nitrogens with zero attached hydrogens (tertiary/aromatic N) is 1. The summed E-state index contributed by atoms with van der Waals surface area (Å²) in [5.74, 6) is 0.138. The van der Waals surface area contributed by atoms with Crippen molar-refractivity contribution in [2.24, 2.45) is 11.8 Å². The van der Waals surface area contributed by atoms with E-state index in [2.05, 4.69) is 10.6 Å². The van der Waals surface area contributed by atoms with Gasteiger partial charge in [0.25, 0.3) is 0 Å². The SMILES string of the molecule is CCC(C)C(O)CNC(=O)NCC1CCN(CC(F)(F)F)C1. The number of amides is 2. The Labute approximate surface area is 129 Å². The molecule has 8 heteroatoms. The first-order valence-electron chi connectivity index (χ1n) is 7.70. The van der Waals surface area contributed by atoms with E-state index in [9.17, 15) is 23.1 Å². The van der Waals surface area contributed by atoms with Gasteiger partial charge in [0.1, 0.15) is 0 Å². The molecule has 22 heavy (non-hydrogen) atoms. The number of nitrogens with one attached hydrogen (secondary N) is 2. The van der Waals surface area contributed by atoms with Crippen molar-refractivity contribution >= 4 is 6.03 Å². The van der Waals surface area contributed by atoms with Crippen molar-refractivity contribution in [2.75, 3.05) is 32.7 Å². The summed E-state index contributed by atoms with van der Waals surface area (Å²) in [6.45, 7) is 4.23. The fourth-order valence-electron chi connectivity index (χ4n) is 2.45. The molecule has 0 aromatic rings. The predicted octanol–water partition coefficient (Wildman–Crippen LogP) is 1.58. The van der Waals surface area contributed by atoms with Crippen LogP contribution in [0.25, 0.3) is 0 Å². The summed E-state index contributed by atoms with van der Waals surface area (Å²) in [5.41, 5.74) is 0. The average molecular weight is 325 g/mol. The first-order valence-corrected chi connectivity index (χ1v) is 7.70. The van der Waals surface area contributed by atoms with Gasteiger partial charge in [-0.1, -0.05) is 20.3 Å². The maximum atomic E-state index is 12.3. The third kappa shape index (κ3) is 7.31. The van der Waals surface area contributed by atoms with Gasteiger partial charge in [-0.3, -0.25) is 4.90 Å². The lowest BCUT2D eigenvalue weighted by atomic mass is 10.0. The molecule has 0 saturated carbocycles. The van der Waals surface area contributed by atoms with Crippen LogP contribution in [0.1, 0.15) is 26.7 Å². The third-order valence-corrected chi connectivity index (χ3v) is 4.10. The molecule has 1 rings (SSSR count). The Morgan fingerprint density at radius 2 is 2.09 bits per heavy atom. The lowest BCUT2D eigenvalue weighted by Gasteiger charge is -2.19. The number of carbonyl (C=O) groups is 1. The van der Waals surface area contributed by atoms with Gasteiger partial charge in [0, 0.05) is 19.6 Å². The second kappa shape index (κ2) is 8.57. The number of hydrogen-bond donors (Lipinski definition) is 3. The maximum absolute atomic E-state index is 12.3. The molecule has 1 fully saturated rings. The number of rotatable bonds is 7. The number of alkyl halides is 3. The predicted molar refractivity (Wildman–Crippen MR) is 77.5 cm³/mol. The highest BCUT2D eigenvalue weighted by Crippen LogP contribution is 2.22. The summed E-state index contributed by atoms with van der Waals surface area (Å²) in [7, 11) is 0. The van der Waals surface area contributed by atoms with E-state index in [4.69, 9.17) is 0 Å². The van der Waals surface area contributed by atoms with E-state index in [1.807, 2.05) is 13.8 Å². The van der Waals surface area contributed by atoms with Gasteiger partial charge in [0.15, 0.2) is 0 Å². The highest BCUT2D eigenvalue weighted by Gasteiger charge is 2.34. The first-order chi connectivity index (χ1) is 10.2. The maximum Gasteiger partial charge on any atom is 0.401 e. The summed E-state index contributed by atoms with van der Waals surface area (Å²) in [6, 6.07) is -0.392. The molecular formula is C14H26F3N3O2. The number of carbonyl (C=O) groups excluding carboxylic acids is 1. The average Bonchev–Trinajstić information content (AvgIpc) is 2.86. The van der Waals surface area contributed by atoms with Gasteiger partial charge in [-0.2, -0.15) is 13.2 Å². The van der Waals surface area contributed by atoms with Gasteiger partial charge in [-0.15, -0.1) is 0 Å². The molecule has 3 unspecified atom stereocenters. The zero-order valence-electron chi connectivity index (χ0n) is 13.1. The Morgan fingerprint density at radius 1 is 1.41 bits per heavy atom. The second-order valence-corrected chi connectivity index (χ2v) is 6.05. The second-order valence-electron chi connectivity index (χ2n) is 6.05. The number of halogens is 3. The lowest BCUT2D eigenvalue weighted by Crippen LogP contribution is -2.43. The third-order valence-electron chi connectivity index (χ3n) is 4.10. The minimum atomic E-state index is -4.17. The summed E-state index contributed by atoms with van der Waals surface area (Å²) in [5, 5.41) is 15.0. The van der Waals surface area contributed by atoms with E-state index >= 15 is 0 Å². The van der Waals surface area contributed by atoms with Crippen molar-refractivity contribution in [3.63, 3.8) is 0 Å². The molecule has 0 spiro atoms. The number of aliphatic hydroxyl groups is 1. The summed E-state index contributed by atoms with van der Waals surface area (Å²) < 4.78 is 36.8. The number of urea groups is 1. The van der Waals surface area contributed by atoms with E-state index < -0.39 is 24.9 Å². The molecule has 0 aliphatic carbocycles. The van der Waals surface area contributed by atoms with Crippen LogP contribution in [0.4, 0.5) is 18.0 Å². The summed E-state index contributed by atoms with van der Waals surface area (Å²) >= 11 is 0. The topological polar surface area (TPSA) is 64.6 Å². The van der Waals surface area contributed by atoms with Crippen LogP contribution in [0.5, 0.6) is 0 Å². The molecule has 0 aromatic heterocycles. The van der Waals surface area contributed by atoms with Gasteiger partial charge in [-0.25, -0.2) is 4.79 Å². The lowest BCUT2D eigenvalue weighted by molar-refractivity contribution is -0.143. The van der Waals surface area contributed by atoms with Crippen LogP contribution < -0.4 is 10.6 Å². The minimum Gasteiger partial charge on any atom is -0.391 e. The van der Waals surface area contributed by atoms with Crippen molar-refractivity contribution < 1.29 is 23.1 Å². The Bertz CT molecular complexity index is 353. The molecule has 1 aliphatic rings. The molecular weight excluding hydrogens is 299 g/mol. The molecule has 2 amide bonds. The molecule has 0 bridgehead atoms. The van der Waals surface area contributed by atoms with Crippen LogP contribution in [0, 0.1) is 11.8 Å². The zero-order chi connectivity index (χ0) is 16.8. The van der Waals surface area contributed by atoms with Crippen LogP contribution in [0.2, 0.25) is 0 Å². The fourth-order valence-corrected chi connectivity index (χ4v) is 2.45. The smallest absolute Gasteiger partial charge is 0.391 e. The molecule has 0 radical (unpaired) electrons. The fraction of sp³-hybridized carbons (Fsp3) is 0.929. The van der Waals surface area contributed by atoms with Crippen LogP contribution in [-0.4, -0.2) is 61.0 Å². The summed E-state index contributed by atoms with van der Waals surface area (Å²) in [6.07, 6.45) is -3.30. The first kappa shape index (κ1) is 19.0.